The summed E-state index contributed by atoms with van der Waals surface area (Å²) in [7, 11) is 0. The molecule has 25 heavy (non-hydrogen) atoms. The van der Waals surface area contributed by atoms with Gasteiger partial charge >= 0.3 is 0 Å². The Morgan fingerprint density at radius 2 is 1.88 bits per heavy atom. The average Bonchev–Trinajstić information content (AvgIpc) is 2.58. The van der Waals surface area contributed by atoms with Gasteiger partial charge in [-0.3, -0.25) is 9.59 Å². The van der Waals surface area contributed by atoms with Gasteiger partial charge in [0.05, 0.1) is 10.6 Å². The number of aryl methyl sites for hydroxylation is 2. The van der Waals surface area contributed by atoms with E-state index >= 15 is 0 Å². The molecule has 2 bridgehead atoms. The largest absolute Gasteiger partial charge is 0.338 e. The van der Waals surface area contributed by atoms with Gasteiger partial charge in [-0.2, -0.15) is 0 Å². The van der Waals surface area contributed by atoms with Gasteiger partial charge in [0.1, 0.15) is 0 Å². The Balaban J connectivity index is 1.65. The van der Waals surface area contributed by atoms with Crippen LogP contribution in [0.5, 0.6) is 0 Å². The van der Waals surface area contributed by atoms with Crippen molar-refractivity contribution in [3.63, 3.8) is 0 Å². The second-order valence-electron chi connectivity index (χ2n) is 7.32. The molecular formula is C20H21ClN2O2. The number of aromatic nitrogens is 1. The van der Waals surface area contributed by atoms with Crippen molar-refractivity contribution >= 4 is 17.5 Å². The van der Waals surface area contributed by atoms with Crippen molar-refractivity contribution < 1.29 is 4.79 Å². The molecule has 1 aromatic heterocycles. The van der Waals surface area contributed by atoms with E-state index in [1.54, 1.807) is 6.07 Å². The number of nitrogens with zero attached hydrogens (tertiary/aromatic N) is 2. The number of hydrogen-bond donors (Lipinski definition) is 0. The van der Waals surface area contributed by atoms with Crippen molar-refractivity contribution in [2.45, 2.75) is 32.7 Å². The highest BCUT2D eigenvalue weighted by Crippen LogP contribution is 2.36. The number of carbonyl (C=O) groups excluding carboxylic acids is 1. The van der Waals surface area contributed by atoms with Crippen molar-refractivity contribution in [2.75, 3.05) is 13.1 Å². The third kappa shape index (κ3) is 2.78. The molecule has 2 aromatic rings. The molecule has 1 aromatic carbocycles. The second-order valence-corrected chi connectivity index (χ2v) is 7.73. The van der Waals surface area contributed by atoms with Crippen LogP contribution in [0.2, 0.25) is 5.02 Å². The van der Waals surface area contributed by atoms with E-state index in [4.69, 9.17) is 11.6 Å². The zero-order chi connectivity index (χ0) is 17.7. The van der Waals surface area contributed by atoms with Gasteiger partial charge in [-0.1, -0.05) is 17.7 Å². The monoisotopic (exact) mass is 356 g/mol. The molecule has 1 fully saturated rings. The van der Waals surface area contributed by atoms with Gasteiger partial charge in [-0.05, 0) is 55.5 Å². The van der Waals surface area contributed by atoms with Crippen LogP contribution in [0.15, 0.2) is 35.1 Å². The van der Waals surface area contributed by atoms with Crippen molar-refractivity contribution in [3.05, 3.63) is 68.1 Å². The van der Waals surface area contributed by atoms with E-state index in [2.05, 4.69) is 0 Å². The highest BCUT2D eigenvalue weighted by atomic mass is 35.5. The Kier molecular flexibility index (Phi) is 3.95. The first-order valence-corrected chi connectivity index (χ1v) is 9.07. The van der Waals surface area contributed by atoms with Crippen LogP contribution < -0.4 is 5.56 Å². The molecule has 0 aliphatic carbocycles. The summed E-state index contributed by atoms with van der Waals surface area (Å²) in [6.07, 6.45) is 1.04. The van der Waals surface area contributed by atoms with Gasteiger partial charge in [0.15, 0.2) is 0 Å². The fraction of sp³-hybridized carbons (Fsp3) is 0.400. The lowest BCUT2D eigenvalue weighted by molar-refractivity contribution is 0.0594. The summed E-state index contributed by atoms with van der Waals surface area (Å²) >= 11 is 6.35. The Morgan fingerprint density at radius 3 is 2.68 bits per heavy atom. The molecule has 0 N–H and O–H groups in total. The number of halogens is 1. The molecule has 1 saturated heterocycles. The van der Waals surface area contributed by atoms with Gasteiger partial charge in [0.2, 0.25) is 0 Å². The summed E-state index contributed by atoms with van der Waals surface area (Å²) in [6, 6.07) is 9.20. The fourth-order valence-corrected chi connectivity index (χ4v) is 4.48. The highest BCUT2D eigenvalue weighted by Gasteiger charge is 2.36. The highest BCUT2D eigenvalue weighted by molar-refractivity contribution is 6.34. The van der Waals surface area contributed by atoms with Crippen LogP contribution in [0, 0.1) is 19.8 Å². The molecule has 4 nitrogen and oxygen atoms in total. The zero-order valence-corrected chi connectivity index (χ0v) is 15.2. The molecule has 0 radical (unpaired) electrons. The minimum Gasteiger partial charge on any atom is -0.338 e. The molecular weight excluding hydrogens is 336 g/mol. The van der Waals surface area contributed by atoms with Crippen LogP contribution in [0.3, 0.4) is 0 Å². The van der Waals surface area contributed by atoms with Gasteiger partial charge in [0, 0.05) is 37.3 Å². The van der Waals surface area contributed by atoms with Crippen LogP contribution in [0.1, 0.15) is 39.5 Å². The third-order valence-corrected chi connectivity index (χ3v) is 5.89. The minimum atomic E-state index is -0.00507. The number of benzene rings is 1. The summed E-state index contributed by atoms with van der Waals surface area (Å²) in [6.45, 7) is 6.00. The first-order chi connectivity index (χ1) is 11.9. The molecule has 130 valence electrons. The van der Waals surface area contributed by atoms with Crippen molar-refractivity contribution in [1.29, 1.82) is 0 Å². The lowest BCUT2D eigenvalue weighted by atomic mass is 9.83. The predicted molar refractivity (Wildman–Crippen MR) is 98.4 cm³/mol. The molecule has 0 saturated carbocycles. The van der Waals surface area contributed by atoms with E-state index in [-0.39, 0.29) is 17.4 Å². The third-order valence-electron chi connectivity index (χ3n) is 5.58. The van der Waals surface area contributed by atoms with E-state index in [1.165, 1.54) is 0 Å². The smallest absolute Gasteiger partial charge is 0.255 e. The van der Waals surface area contributed by atoms with Crippen LogP contribution >= 0.6 is 11.6 Å². The molecule has 5 heteroatoms. The number of hydrogen-bond acceptors (Lipinski definition) is 2. The Morgan fingerprint density at radius 1 is 1.12 bits per heavy atom. The normalized spacial score (nSPS) is 21.8. The van der Waals surface area contributed by atoms with E-state index in [1.807, 2.05) is 47.6 Å². The average molecular weight is 357 g/mol. The summed E-state index contributed by atoms with van der Waals surface area (Å²) in [5.74, 6) is 0.533. The Hall–Kier alpha value is -2.07. The van der Waals surface area contributed by atoms with Crippen molar-refractivity contribution in [3.8, 4) is 0 Å². The standard InChI is InChI=1S/C20H21ClN2O2/c1-12-6-16(17(21)7-13(12)2)20(25)22-9-14-8-15(11-22)18-4-3-5-19(24)23(18)10-14/h3-7,14-15H,8-11H2,1-2H3/t14-,15+/m0/s1. The number of piperidine rings is 1. The number of pyridine rings is 1. The van der Waals surface area contributed by atoms with Crippen LogP contribution in [0.25, 0.3) is 0 Å². The molecule has 2 atom stereocenters. The lowest BCUT2D eigenvalue weighted by Gasteiger charge is -2.42. The van der Waals surface area contributed by atoms with Crippen LogP contribution in [0.4, 0.5) is 0 Å². The summed E-state index contributed by atoms with van der Waals surface area (Å²) in [5.41, 5.74) is 3.85. The Bertz CT molecular complexity index is 918. The molecule has 4 rings (SSSR count). The van der Waals surface area contributed by atoms with Gasteiger partial charge in [0.25, 0.3) is 11.5 Å². The van der Waals surface area contributed by atoms with Crippen molar-refractivity contribution in [1.82, 2.24) is 9.47 Å². The number of rotatable bonds is 1. The molecule has 2 aliphatic heterocycles. The quantitative estimate of drug-likeness (QED) is 0.786. The molecule has 1 amide bonds. The molecule has 0 unspecified atom stereocenters. The SMILES string of the molecule is Cc1cc(Cl)c(C(=O)N2C[C@@H]3C[C@H](C2)c2cccc(=O)n2C3)cc1C. The van der Waals surface area contributed by atoms with E-state index < -0.39 is 0 Å². The lowest BCUT2D eigenvalue weighted by Crippen LogP contribution is -2.49. The molecule has 0 spiro atoms. The van der Waals surface area contributed by atoms with Gasteiger partial charge in [-0.15, -0.1) is 0 Å². The second kappa shape index (κ2) is 6.03. The number of carbonyl (C=O) groups is 1. The van der Waals surface area contributed by atoms with E-state index in [0.717, 1.165) is 23.2 Å². The van der Waals surface area contributed by atoms with Crippen molar-refractivity contribution in [2.24, 2.45) is 5.92 Å². The minimum absolute atomic E-state index is 0.00507. The maximum absolute atomic E-state index is 13.1. The number of likely N-dealkylation sites (tertiary alicyclic amines) is 1. The molecule has 3 heterocycles. The number of amides is 1. The van der Waals surface area contributed by atoms with E-state index in [9.17, 15) is 9.59 Å². The summed E-state index contributed by atoms with van der Waals surface area (Å²) in [5, 5.41) is 0.514. The Labute approximate surface area is 152 Å². The maximum atomic E-state index is 13.1. The first-order valence-electron chi connectivity index (χ1n) is 8.70. The first kappa shape index (κ1) is 16.4. The topological polar surface area (TPSA) is 42.3 Å². The zero-order valence-electron chi connectivity index (χ0n) is 14.5. The fourth-order valence-electron chi connectivity index (χ4n) is 4.18. The van der Waals surface area contributed by atoms with Crippen LogP contribution in [-0.2, 0) is 6.54 Å². The van der Waals surface area contributed by atoms with Gasteiger partial charge < -0.3 is 9.47 Å². The molecule has 2 aliphatic rings. The predicted octanol–water partition coefficient (Wildman–Crippen LogP) is 3.38. The van der Waals surface area contributed by atoms with E-state index in [0.29, 0.717) is 36.1 Å². The summed E-state index contributed by atoms with van der Waals surface area (Å²) in [4.78, 5) is 27.1. The van der Waals surface area contributed by atoms with Gasteiger partial charge in [-0.25, -0.2) is 0 Å². The summed E-state index contributed by atoms with van der Waals surface area (Å²) < 4.78 is 1.88. The number of fused-ring (bicyclic) bond motifs is 4. The maximum Gasteiger partial charge on any atom is 0.255 e. The van der Waals surface area contributed by atoms with Crippen LogP contribution in [-0.4, -0.2) is 28.5 Å².